The summed E-state index contributed by atoms with van der Waals surface area (Å²) in [6.45, 7) is 2.15. The fourth-order valence-electron chi connectivity index (χ4n) is 2.05. The van der Waals surface area contributed by atoms with Gasteiger partial charge in [0.25, 0.3) is 0 Å². The van der Waals surface area contributed by atoms with E-state index in [1.165, 1.54) is 18.4 Å². The zero-order valence-corrected chi connectivity index (χ0v) is 10.3. The quantitative estimate of drug-likeness (QED) is 0.778. The van der Waals surface area contributed by atoms with E-state index < -0.39 is 0 Å². The van der Waals surface area contributed by atoms with Gasteiger partial charge in [-0.15, -0.1) is 11.3 Å². The van der Waals surface area contributed by atoms with Crippen molar-refractivity contribution >= 4 is 27.3 Å². The van der Waals surface area contributed by atoms with Crippen LogP contribution >= 0.6 is 11.3 Å². The SMILES string of the molecule is CCC1CCc2c(sc(N)c2C(=O)OC)N1. The number of hydrogen-bond donors (Lipinski definition) is 2. The van der Waals surface area contributed by atoms with Crippen molar-refractivity contribution in [2.45, 2.75) is 32.2 Å². The molecule has 0 bridgehead atoms. The summed E-state index contributed by atoms with van der Waals surface area (Å²) in [5, 5.41) is 5.01. The van der Waals surface area contributed by atoms with Crippen LogP contribution < -0.4 is 11.1 Å². The minimum absolute atomic E-state index is 0.327. The summed E-state index contributed by atoms with van der Waals surface area (Å²) < 4.78 is 4.75. The molecule has 1 aromatic rings. The maximum Gasteiger partial charge on any atom is 0.341 e. The Kier molecular flexibility index (Phi) is 3.05. The Bertz CT molecular complexity index is 414. The van der Waals surface area contributed by atoms with Crippen molar-refractivity contribution in [3.63, 3.8) is 0 Å². The standard InChI is InChI=1S/C11H16N2O2S/c1-3-6-4-5-7-8(11(14)15-2)9(12)16-10(7)13-6/h6,13H,3-5,12H2,1-2H3. The second-order valence-corrected chi connectivity index (χ2v) is 4.98. The number of fused-ring (bicyclic) bond motifs is 1. The fraction of sp³-hybridized carbons (Fsp3) is 0.545. The van der Waals surface area contributed by atoms with Crippen molar-refractivity contribution in [1.82, 2.24) is 0 Å². The molecule has 1 atom stereocenters. The summed E-state index contributed by atoms with van der Waals surface area (Å²) >= 11 is 1.45. The van der Waals surface area contributed by atoms with Gasteiger partial charge in [-0.3, -0.25) is 0 Å². The number of nitrogen functional groups attached to an aromatic ring is 1. The zero-order chi connectivity index (χ0) is 11.7. The van der Waals surface area contributed by atoms with E-state index in [9.17, 15) is 4.79 Å². The van der Waals surface area contributed by atoms with Gasteiger partial charge in [-0.05, 0) is 19.3 Å². The predicted molar refractivity (Wildman–Crippen MR) is 66.1 cm³/mol. The molecule has 0 spiro atoms. The summed E-state index contributed by atoms with van der Waals surface area (Å²) in [5.74, 6) is -0.327. The van der Waals surface area contributed by atoms with Gasteiger partial charge in [0.15, 0.2) is 0 Å². The van der Waals surface area contributed by atoms with Gasteiger partial charge >= 0.3 is 5.97 Å². The molecule has 0 amide bonds. The lowest BCUT2D eigenvalue weighted by molar-refractivity contribution is 0.0601. The molecule has 1 aliphatic heterocycles. The van der Waals surface area contributed by atoms with Crippen molar-refractivity contribution in [2.75, 3.05) is 18.2 Å². The first-order valence-electron chi connectivity index (χ1n) is 5.43. The Morgan fingerprint density at radius 1 is 1.69 bits per heavy atom. The van der Waals surface area contributed by atoms with E-state index in [4.69, 9.17) is 10.5 Å². The summed E-state index contributed by atoms with van der Waals surface area (Å²) in [6.07, 6.45) is 3.04. The Balaban J connectivity index is 2.36. The van der Waals surface area contributed by atoms with E-state index >= 15 is 0 Å². The lowest BCUT2D eigenvalue weighted by Crippen LogP contribution is -2.24. The van der Waals surface area contributed by atoms with Crippen molar-refractivity contribution in [3.05, 3.63) is 11.1 Å². The first-order valence-corrected chi connectivity index (χ1v) is 6.25. The van der Waals surface area contributed by atoms with Gasteiger partial charge < -0.3 is 15.8 Å². The third-order valence-corrected chi connectivity index (χ3v) is 3.99. The predicted octanol–water partition coefficient (Wildman–Crippen LogP) is 2.25. The first-order chi connectivity index (χ1) is 7.67. The Hall–Kier alpha value is -1.23. The van der Waals surface area contributed by atoms with Crippen molar-refractivity contribution in [3.8, 4) is 0 Å². The second kappa shape index (κ2) is 4.33. The number of methoxy groups -OCH3 is 1. The molecule has 1 aliphatic rings. The third kappa shape index (κ3) is 1.75. The van der Waals surface area contributed by atoms with Gasteiger partial charge in [-0.25, -0.2) is 4.79 Å². The van der Waals surface area contributed by atoms with Gasteiger partial charge in [0.2, 0.25) is 0 Å². The molecule has 0 fully saturated rings. The fourth-order valence-corrected chi connectivity index (χ4v) is 3.13. The molecule has 5 heteroatoms. The number of esters is 1. The van der Waals surface area contributed by atoms with Crippen LogP contribution in [0.5, 0.6) is 0 Å². The molecule has 0 aromatic carbocycles. The van der Waals surface area contributed by atoms with E-state index in [1.807, 2.05) is 0 Å². The second-order valence-electron chi connectivity index (χ2n) is 3.93. The highest BCUT2D eigenvalue weighted by atomic mass is 32.1. The molecule has 1 unspecified atom stereocenters. The van der Waals surface area contributed by atoms with Crippen LogP contribution in [0.25, 0.3) is 0 Å². The molecule has 2 rings (SSSR count). The van der Waals surface area contributed by atoms with Crippen molar-refractivity contribution in [2.24, 2.45) is 0 Å². The molecule has 0 saturated carbocycles. The number of nitrogens with one attached hydrogen (secondary N) is 1. The maximum absolute atomic E-state index is 11.6. The molecule has 3 N–H and O–H groups in total. The Morgan fingerprint density at radius 2 is 2.44 bits per heavy atom. The number of carbonyl (C=O) groups excluding carboxylic acids is 1. The van der Waals surface area contributed by atoms with Crippen LogP contribution in [0.2, 0.25) is 0 Å². The maximum atomic E-state index is 11.6. The van der Waals surface area contributed by atoms with Gasteiger partial charge in [0.1, 0.15) is 5.00 Å². The van der Waals surface area contributed by atoms with Crippen LogP contribution in [0.4, 0.5) is 10.0 Å². The topological polar surface area (TPSA) is 64.4 Å². The third-order valence-electron chi connectivity index (χ3n) is 2.99. The van der Waals surface area contributed by atoms with E-state index in [-0.39, 0.29) is 5.97 Å². The minimum Gasteiger partial charge on any atom is -0.465 e. The smallest absolute Gasteiger partial charge is 0.341 e. The zero-order valence-electron chi connectivity index (χ0n) is 9.50. The lowest BCUT2D eigenvalue weighted by atomic mass is 9.98. The molecular weight excluding hydrogens is 224 g/mol. The Labute approximate surface area is 98.8 Å². The highest BCUT2D eigenvalue weighted by Gasteiger charge is 2.27. The summed E-state index contributed by atoms with van der Waals surface area (Å²) in [4.78, 5) is 11.6. The molecule has 0 saturated heterocycles. The van der Waals surface area contributed by atoms with E-state index in [0.29, 0.717) is 16.6 Å². The van der Waals surface area contributed by atoms with Gasteiger partial charge in [0, 0.05) is 11.6 Å². The highest BCUT2D eigenvalue weighted by Crippen LogP contribution is 2.40. The highest BCUT2D eigenvalue weighted by molar-refractivity contribution is 7.20. The van der Waals surface area contributed by atoms with Crippen LogP contribution in [-0.4, -0.2) is 19.1 Å². The van der Waals surface area contributed by atoms with Crippen LogP contribution in [0.3, 0.4) is 0 Å². The van der Waals surface area contributed by atoms with Crippen LogP contribution in [-0.2, 0) is 11.2 Å². The first kappa shape index (κ1) is 11.3. The average molecular weight is 240 g/mol. The largest absolute Gasteiger partial charge is 0.465 e. The molecule has 16 heavy (non-hydrogen) atoms. The number of anilines is 2. The molecule has 0 radical (unpaired) electrons. The molecule has 4 nitrogen and oxygen atoms in total. The number of nitrogens with two attached hydrogens (primary N) is 1. The lowest BCUT2D eigenvalue weighted by Gasteiger charge is -2.23. The van der Waals surface area contributed by atoms with E-state index in [1.54, 1.807) is 0 Å². The molecule has 0 aliphatic carbocycles. The Morgan fingerprint density at radius 3 is 3.06 bits per heavy atom. The molecule has 88 valence electrons. The number of carbonyl (C=O) groups is 1. The summed E-state index contributed by atoms with van der Waals surface area (Å²) in [7, 11) is 1.39. The van der Waals surface area contributed by atoms with Crippen LogP contribution in [0.1, 0.15) is 35.7 Å². The van der Waals surface area contributed by atoms with Crippen LogP contribution in [0, 0.1) is 0 Å². The summed E-state index contributed by atoms with van der Waals surface area (Å²) in [5.41, 5.74) is 7.45. The van der Waals surface area contributed by atoms with Gasteiger partial charge in [-0.2, -0.15) is 0 Å². The van der Waals surface area contributed by atoms with Gasteiger partial charge in [0.05, 0.1) is 17.7 Å². The monoisotopic (exact) mass is 240 g/mol. The minimum atomic E-state index is -0.327. The number of hydrogen-bond acceptors (Lipinski definition) is 5. The van der Waals surface area contributed by atoms with Crippen molar-refractivity contribution < 1.29 is 9.53 Å². The molecule has 2 heterocycles. The number of ether oxygens (including phenoxy) is 1. The van der Waals surface area contributed by atoms with Crippen molar-refractivity contribution in [1.29, 1.82) is 0 Å². The van der Waals surface area contributed by atoms with Gasteiger partial charge in [-0.1, -0.05) is 6.92 Å². The molecule has 1 aromatic heterocycles. The average Bonchev–Trinajstić information content (AvgIpc) is 2.62. The number of rotatable bonds is 2. The van der Waals surface area contributed by atoms with E-state index in [0.717, 1.165) is 29.8 Å². The molecular formula is C11H16N2O2S. The van der Waals surface area contributed by atoms with E-state index in [2.05, 4.69) is 12.2 Å². The summed E-state index contributed by atoms with van der Waals surface area (Å²) in [6, 6.07) is 0.496. The number of thiophene rings is 1. The van der Waals surface area contributed by atoms with Crippen LogP contribution in [0.15, 0.2) is 0 Å². The normalized spacial score (nSPS) is 18.8.